The fourth-order valence-corrected chi connectivity index (χ4v) is 2.71. The number of carbonyl (C=O) groups is 2. The maximum Gasteiger partial charge on any atom is 0.316 e. The highest BCUT2D eigenvalue weighted by Crippen LogP contribution is 2.20. The lowest BCUT2D eigenvalue weighted by atomic mass is 10.2. The number of rotatable bonds is 4. The molecule has 2 aromatic rings. The molecule has 0 saturated carbocycles. The Morgan fingerprint density at radius 3 is 1.42 bits per heavy atom. The number of anilines is 2. The smallest absolute Gasteiger partial charge is 0.304 e. The molecule has 0 heterocycles. The molecule has 0 aliphatic rings. The van der Waals surface area contributed by atoms with Crippen molar-refractivity contribution in [3.63, 3.8) is 0 Å². The van der Waals surface area contributed by atoms with E-state index in [1.165, 1.54) is 9.80 Å². The van der Waals surface area contributed by atoms with Crippen molar-refractivity contribution in [1.82, 2.24) is 0 Å². The van der Waals surface area contributed by atoms with Gasteiger partial charge in [0.25, 0.3) is 0 Å². The van der Waals surface area contributed by atoms with E-state index in [-0.39, 0.29) is 0 Å². The maximum absolute atomic E-state index is 12.8. The summed E-state index contributed by atoms with van der Waals surface area (Å²) in [6, 6.07) is 15.3. The topological polar surface area (TPSA) is 40.6 Å². The Hall–Kier alpha value is -2.62. The van der Waals surface area contributed by atoms with Gasteiger partial charge in [0.1, 0.15) is 0 Å². The van der Waals surface area contributed by atoms with Crippen LogP contribution in [0.25, 0.3) is 0 Å². The first-order valence-corrected chi connectivity index (χ1v) is 8.24. The number of hydrogen-bond donors (Lipinski definition) is 0. The Morgan fingerprint density at radius 2 is 1.12 bits per heavy atom. The van der Waals surface area contributed by atoms with Crippen molar-refractivity contribution in [3.05, 3.63) is 59.7 Å². The summed E-state index contributed by atoms with van der Waals surface area (Å²) in [6.45, 7) is 8.56. The molecule has 0 atom stereocenters. The summed E-state index contributed by atoms with van der Waals surface area (Å²) in [6.07, 6.45) is 0. The van der Waals surface area contributed by atoms with Crippen LogP contribution < -0.4 is 9.80 Å². The predicted molar refractivity (Wildman–Crippen MR) is 98.4 cm³/mol. The van der Waals surface area contributed by atoms with Crippen molar-refractivity contribution in [2.24, 2.45) is 0 Å². The van der Waals surface area contributed by atoms with Gasteiger partial charge in [-0.1, -0.05) is 24.3 Å². The van der Waals surface area contributed by atoms with E-state index in [1.807, 2.05) is 76.2 Å². The van der Waals surface area contributed by atoms with E-state index in [1.54, 1.807) is 0 Å². The molecular weight excluding hydrogens is 300 g/mol. The van der Waals surface area contributed by atoms with Gasteiger partial charge in [0, 0.05) is 24.5 Å². The summed E-state index contributed by atoms with van der Waals surface area (Å²) in [4.78, 5) is 28.6. The molecule has 0 aliphatic heterocycles. The van der Waals surface area contributed by atoms with Crippen LogP contribution in [0, 0.1) is 13.8 Å². The molecule has 0 bridgehead atoms. The number of hydrogen-bond acceptors (Lipinski definition) is 2. The van der Waals surface area contributed by atoms with Gasteiger partial charge in [0.2, 0.25) is 0 Å². The Bertz CT molecular complexity index is 676. The van der Waals surface area contributed by atoms with Gasteiger partial charge in [-0.2, -0.15) is 0 Å². The predicted octanol–water partition coefficient (Wildman–Crippen LogP) is 3.71. The van der Waals surface area contributed by atoms with Crippen molar-refractivity contribution in [2.75, 3.05) is 22.9 Å². The van der Waals surface area contributed by atoms with E-state index in [0.717, 1.165) is 22.5 Å². The fraction of sp³-hybridized carbons (Fsp3) is 0.300. The van der Waals surface area contributed by atoms with E-state index in [0.29, 0.717) is 13.1 Å². The van der Waals surface area contributed by atoms with Gasteiger partial charge >= 0.3 is 11.8 Å². The first kappa shape index (κ1) is 17.7. The molecule has 4 nitrogen and oxygen atoms in total. The molecular formula is C20H24N2O2. The van der Waals surface area contributed by atoms with E-state index < -0.39 is 11.8 Å². The molecule has 0 aromatic heterocycles. The highest BCUT2D eigenvalue weighted by Gasteiger charge is 2.27. The molecule has 0 fully saturated rings. The number of likely N-dealkylation sites (N-methyl/N-ethyl adjacent to an activating group) is 2. The van der Waals surface area contributed by atoms with Crippen LogP contribution in [0.2, 0.25) is 0 Å². The Balaban J connectivity index is 2.30. The first-order valence-electron chi connectivity index (χ1n) is 8.24. The average Bonchev–Trinajstić information content (AvgIpc) is 2.56. The lowest BCUT2D eigenvalue weighted by Crippen LogP contribution is -2.45. The summed E-state index contributed by atoms with van der Waals surface area (Å²) in [5.74, 6) is -1.02. The molecule has 2 aromatic carbocycles. The molecule has 2 amide bonds. The normalized spacial score (nSPS) is 10.3. The van der Waals surface area contributed by atoms with Crippen LogP contribution in [0.15, 0.2) is 48.5 Å². The van der Waals surface area contributed by atoms with E-state index >= 15 is 0 Å². The largest absolute Gasteiger partial charge is 0.316 e. The highest BCUT2D eigenvalue weighted by molar-refractivity contribution is 6.44. The molecule has 0 N–H and O–H groups in total. The van der Waals surface area contributed by atoms with E-state index in [9.17, 15) is 9.59 Å². The van der Waals surface area contributed by atoms with Crippen LogP contribution in [0.3, 0.4) is 0 Å². The number of carbonyl (C=O) groups excluding carboxylic acids is 2. The molecule has 0 radical (unpaired) electrons. The van der Waals surface area contributed by atoms with Crippen molar-refractivity contribution in [2.45, 2.75) is 27.7 Å². The lowest BCUT2D eigenvalue weighted by Gasteiger charge is -2.26. The summed E-state index contributed by atoms with van der Waals surface area (Å²) < 4.78 is 0. The summed E-state index contributed by atoms with van der Waals surface area (Å²) >= 11 is 0. The number of benzene rings is 2. The zero-order valence-corrected chi connectivity index (χ0v) is 14.7. The minimum atomic E-state index is -0.508. The van der Waals surface area contributed by atoms with Crippen molar-refractivity contribution >= 4 is 23.2 Å². The van der Waals surface area contributed by atoms with Gasteiger partial charge in [-0.15, -0.1) is 0 Å². The van der Waals surface area contributed by atoms with Gasteiger partial charge < -0.3 is 9.80 Å². The molecule has 0 saturated heterocycles. The van der Waals surface area contributed by atoms with E-state index in [4.69, 9.17) is 0 Å². The van der Waals surface area contributed by atoms with Crippen LogP contribution in [-0.2, 0) is 9.59 Å². The molecule has 4 heteroatoms. The Labute approximate surface area is 143 Å². The van der Waals surface area contributed by atoms with Gasteiger partial charge in [-0.05, 0) is 63.1 Å². The van der Waals surface area contributed by atoms with Crippen LogP contribution in [0.5, 0.6) is 0 Å². The monoisotopic (exact) mass is 324 g/mol. The number of aryl methyl sites for hydroxylation is 2. The Kier molecular flexibility index (Phi) is 5.74. The summed E-state index contributed by atoms with van der Waals surface area (Å²) in [7, 11) is 0. The first-order chi connectivity index (χ1) is 11.5. The molecule has 24 heavy (non-hydrogen) atoms. The minimum Gasteiger partial charge on any atom is -0.304 e. The van der Waals surface area contributed by atoms with Crippen molar-refractivity contribution in [1.29, 1.82) is 0 Å². The van der Waals surface area contributed by atoms with Crippen LogP contribution in [-0.4, -0.2) is 24.9 Å². The number of amides is 2. The van der Waals surface area contributed by atoms with Crippen LogP contribution in [0.4, 0.5) is 11.4 Å². The third-order valence-corrected chi connectivity index (χ3v) is 3.93. The number of nitrogens with zero attached hydrogens (tertiary/aromatic N) is 2. The highest BCUT2D eigenvalue weighted by atomic mass is 16.2. The molecule has 0 aliphatic carbocycles. The zero-order chi connectivity index (χ0) is 17.7. The lowest BCUT2D eigenvalue weighted by molar-refractivity contribution is -0.135. The van der Waals surface area contributed by atoms with Crippen molar-refractivity contribution in [3.8, 4) is 0 Å². The summed E-state index contributed by atoms with van der Waals surface area (Å²) in [5.41, 5.74) is 3.60. The van der Waals surface area contributed by atoms with Gasteiger partial charge in [-0.3, -0.25) is 9.59 Å². The zero-order valence-electron chi connectivity index (χ0n) is 14.7. The molecule has 0 spiro atoms. The second-order valence-corrected chi connectivity index (χ2v) is 5.78. The Morgan fingerprint density at radius 1 is 0.750 bits per heavy atom. The van der Waals surface area contributed by atoms with E-state index in [2.05, 4.69) is 0 Å². The van der Waals surface area contributed by atoms with Crippen LogP contribution in [0.1, 0.15) is 25.0 Å². The maximum atomic E-state index is 12.8. The minimum absolute atomic E-state index is 0.444. The van der Waals surface area contributed by atoms with Crippen molar-refractivity contribution < 1.29 is 9.59 Å². The SMILES string of the molecule is CCN(C(=O)C(=O)N(CC)c1cccc(C)c1)c1cccc(C)c1. The summed E-state index contributed by atoms with van der Waals surface area (Å²) in [5, 5.41) is 0. The quantitative estimate of drug-likeness (QED) is 0.805. The fourth-order valence-electron chi connectivity index (χ4n) is 2.71. The average molecular weight is 324 g/mol. The third-order valence-electron chi connectivity index (χ3n) is 3.93. The molecule has 126 valence electrons. The van der Waals surface area contributed by atoms with Gasteiger partial charge in [0.05, 0.1) is 0 Å². The van der Waals surface area contributed by atoms with Gasteiger partial charge in [-0.25, -0.2) is 0 Å². The molecule has 2 rings (SSSR count). The second-order valence-electron chi connectivity index (χ2n) is 5.78. The third kappa shape index (κ3) is 3.82. The van der Waals surface area contributed by atoms with Crippen LogP contribution >= 0.6 is 0 Å². The standard InChI is InChI=1S/C20H24N2O2/c1-5-21(17-11-7-9-15(3)13-17)19(23)20(24)22(6-2)18-12-8-10-16(4)14-18/h7-14H,5-6H2,1-4H3. The second kappa shape index (κ2) is 7.77. The van der Waals surface area contributed by atoms with Gasteiger partial charge in [0.15, 0.2) is 0 Å². The molecule has 0 unspecified atom stereocenters.